The molecular weight excluding hydrogens is 176 g/mol. The van der Waals surface area contributed by atoms with Crippen molar-refractivity contribution in [3.63, 3.8) is 0 Å². The first-order valence-electron chi connectivity index (χ1n) is 4.98. The van der Waals surface area contributed by atoms with Crippen molar-refractivity contribution in [3.05, 3.63) is 23.8 Å². The maximum Gasteiger partial charge on any atom is 0.122 e. The largest absolute Gasteiger partial charge is 0.493 e. The predicted molar refractivity (Wildman–Crippen MR) is 57.6 cm³/mol. The van der Waals surface area contributed by atoms with Crippen molar-refractivity contribution in [3.8, 4) is 5.75 Å². The highest BCUT2D eigenvalue weighted by Gasteiger charge is 2.20. The number of fused-ring (bicyclic) bond motifs is 1. The highest BCUT2D eigenvalue weighted by atomic mass is 16.5. The Morgan fingerprint density at radius 3 is 3.21 bits per heavy atom. The van der Waals surface area contributed by atoms with Crippen LogP contribution >= 0.6 is 0 Å². The summed E-state index contributed by atoms with van der Waals surface area (Å²) in [5, 5.41) is 3.20. The molecule has 0 radical (unpaired) electrons. The Bertz CT molecular complexity index is 325. The van der Waals surface area contributed by atoms with Gasteiger partial charge in [0, 0.05) is 23.7 Å². The molecule has 3 N–H and O–H groups in total. The summed E-state index contributed by atoms with van der Waals surface area (Å²) >= 11 is 0. The van der Waals surface area contributed by atoms with E-state index in [1.165, 1.54) is 5.56 Å². The number of anilines is 1. The van der Waals surface area contributed by atoms with Crippen LogP contribution < -0.4 is 15.8 Å². The van der Waals surface area contributed by atoms with E-state index in [4.69, 9.17) is 10.5 Å². The minimum absolute atomic E-state index is 0.534. The number of rotatable bonds is 2. The third-order valence-electron chi connectivity index (χ3n) is 2.65. The van der Waals surface area contributed by atoms with Crippen molar-refractivity contribution in [1.29, 1.82) is 0 Å². The Balaban J connectivity index is 2.32. The predicted octanol–water partition coefficient (Wildman–Crippen LogP) is 1.35. The van der Waals surface area contributed by atoms with Crippen molar-refractivity contribution >= 4 is 5.69 Å². The molecule has 0 bridgehead atoms. The van der Waals surface area contributed by atoms with Gasteiger partial charge in [-0.15, -0.1) is 0 Å². The van der Waals surface area contributed by atoms with E-state index in [-0.39, 0.29) is 0 Å². The molecule has 2 rings (SSSR count). The van der Waals surface area contributed by atoms with Crippen molar-refractivity contribution in [2.75, 3.05) is 25.9 Å². The summed E-state index contributed by atoms with van der Waals surface area (Å²) in [5.74, 6) is 1.53. The molecule has 1 aromatic rings. The highest BCUT2D eigenvalue weighted by molar-refractivity contribution is 5.50. The Hall–Kier alpha value is -1.22. The molecular formula is C11H16N2O. The van der Waals surface area contributed by atoms with Crippen LogP contribution in [0.5, 0.6) is 5.75 Å². The molecule has 1 aliphatic heterocycles. The summed E-state index contributed by atoms with van der Waals surface area (Å²) in [6.45, 7) is 1.79. The van der Waals surface area contributed by atoms with Gasteiger partial charge in [-0.1, -0.05) is 0 Å². The van der Waals surface area contributed by atoms with Gasteiger partial charge in [0.05, 0.1) is 6.61 Å². The summed E-state index contributed by atoms with van der Waals surface area (Å²) in [6.07, 6.45) is 1.07. The fourth-order valence-corrected chi connectivity index (χ4v) is 1.94. The number of benzene rings is 1. The molecule has 1 unspecified atom stereocenters. The smallest absolute Gasteiger partial charge is 0.122 e. The minimum atomic E-state index is 0.534. The monoisotopic (exact) mass is 192 g/mol. The van der Waals surface area contributed by atoms with Crippen molar-refractivity contribution in [2.45, 2.75) is 12.3 Å². The van der Waals surface area contributed by atoms with Gasteiger partial charge in [-0.3, -0.25) is 0 Å². The maximum absolute atomic E-state index is 5.76. The second-order valence-corrected chi connectivity index (χ2v) is 3.69. The molecule has 14 heavy (non-hydrogen) atoms. The number of nitrogen functional groups attached to an aromatic ring is 1. The molecule has 0 saturated heterocycles. The van der Waals surface area contributed by atoms with E-state index >= 15 is 0 Å². The lowest BCUT2D eigenvalue weighted by Gasteiger charge is -2.25. The Morgan fingerprint density at radius 2 is 2.43 bits per heavy atom. The van der Waals surface area contributed by atoms with E-state index in [0.29, 0.717) is 5.92 Å². The molecule has 3 heteroatoms. The molecule has 0 aliphatic carbocycles. The van der Waals surface area contributed by atoms with Crippen LogP contribution in [0.4, 0.5) is 5.69 Å². The SMILES string of the molecule is CNCC1CCOc2ccc(N)cc21. The molecule has 0 spiro atoms. The van der Waals surface area contributed by atoms with Gasteiger partial charge in [0.15, 0.2) is 0 Å². The number of ether oxygens (including phenoxy) is 1. The van der Waals surface area contributed by atoms with Crippen LogP contribution in [-0.2, 0) is 0 Å². The lowest BCUT2D eigenvalue weighted by atomic mass is 9.93. The fraction of sp³-hybridized carbons (Fsp3) is 0.455. The summed E-state index contributed by atoms with van der Waals surface area (Å²) in [7, 11) is 1.97. The van der Waals surface area contributed by atoms with Crippen LogP contribution in [0, 0.1) is 0 Å². The molecule has 1 atom stereocenters. The number of nitrogens with one attached hydrogen (secondary N) is 1. The average Bonchev–Trinajstić information content (AvgIpc) is 2.19. The van der Waals surface area contributed by atoms with E-state index in [9.17, 15) is 0 Å². The zero-order valence-corrected chi connectivity index (χ0v) is 8.42. The van der Waals surface area contributed by atoms with Gasteiger partial charge in [0.2, 0.25) is 0 Å². The molecule has 0 fully saturated rings. The number of hydrogen-bond donors (Lipinski definition) is 2. The first kappa shape index (κ1) is 9.34. The molecule has 76 valence electrons. The Kier molecular flexibility index (Phi) is 2.59. The van der Waals surface area contributed by atoms with Crippen LogP contribution in [0.25, 0.3) is 0 Å². The second-order valence-electron chi connectivity index (χ2n) is 3.69. The number of likely N-dealkylation sites (N-methyl/N-ethyl adjacent to an activating group) is 1. The van der Waals surface area contributed by atoms with E-state index in [2.05, 4.69) is 5.32 Å². The molecule has 0 saturated carbocycles. The van der Waals surface area contributed by atoms with Gasteiger partial charge >= 0.3 is 0 Å². The molecule has 1 heterocycles. The van der Waals surface area contributed by atoms with Crippen LogP contribution in [0.3, 0.4) is 0 Å². The lowest BCUT2D eigenvalue weighted by molar-refractivity contribution is 0.266. The van der Waals surface area contributed by atoms with Gasteiger partial charge in [-0.25, -0.2) is 0 Å². The van der Waals surface area contributed by atoms with Crippen LogP contribution in [0.15, 0.2) is 18.2 Å². The fourth-order valence-electron chi connectivity index (χ4n) is 1.94. The molecule has 3 nitrogen and oxygen atoms in total. The zero-order valence-electron chi connectivity index (χ0n) is 8.42. The van der Waals surface area contributed by atoms with Crippen molar-refractivity contribution in [2.24, 2.45) is 0 Å². The quantitative estimate of drug-likeness (QED) is 0.695. The van der Waals surface area contributed by atoms with E-state index in [0.717, 1.165) is 31.0 Å². The standard InChI is InChI=1S/C11H16N2O/c1-13-7-8-4-5-14-11-3-2-9(12)6-10(8)11/h2-3,6,8,13H,4-5,7,12H2,1H3. The topological polar surface area (TPSA) is 47.3 Å². The van der Waals surface area contributed by atoms with E-state index in [1.807, 2.05) is 25.2 Å². The highest BCUT2D eigenvalue weighted by Crippen LogP contribution is 2.34. The van der Waals surface area contributed by atoms with Crippen LogP contribution in [0.2, 0.25) is 0 Å². The number of hydrogen-bond acceptors (Lipinski definition) is 3. The average molecular weight is 192 g/mol. The van der Waals surface area contributed by atoms with E-state index in [1.54, 1.807) is 0 Å². The van der Waals surface area contributed by atoms with Crippen LogP contribution in [0.1, 0.15) is 17.9 Å². The Labute approximate surface area is 84.3 Å². The lowest BCUT2D eigenvalue weighted by Crippen LogP contribution is -2.23. The van der Waals surface area contributed by atoms with Gasteiger partial charge in [0.1, 0.15) is 5.75 Å². The molecule has 0 amide bonds. The molecule has 0 aromatic heterocycles. The van der Waals surface area contributed by atoms with Gasteiger partial charge in [-0.2, -0.15) is 0 Å². The van der Waals surface area contributed by atoms with Crippen molar-refractivity contribution in [1.82, 2.24) is 5.32 Å². The van der Waals surface area contributed by atoms with E-state index < -0.39 is 0 Å². The Morgan fingerprint density at radius 1 is 1.57 bits per heavy atom. The maximum atomic E-state index is 5.76. The normalized spacial score (nSPS) is 19.9. The van der Waals surface area contributed by atoms with Gasteiger partial charge < -0.3 is 15.8 Å². The van der Waals surface area contributed by atoms with Crippen molar-refractivity contribution < 1.29 is 4.74 Å². The first-order chi connectivity index (χ1) is 6.81. The first-order valence-corrected chi connectivity index (χ1v) is 4.98. The summed E-state index contributed by atoms with van der Waals surface area (Å²) < 4.78 is 5.57. The third-order valence-corrected chi connectivity index (χ3v) is 2.65. The minimum Gasteiger partial charge on any atom is -0.493 e. The van der Waals surface area contributed by atoms with Gasteiger partial charge in [0.25, 0.3) is 0 Å². The molecule has 1 aromatic carbocycles. The summed E-state index contributed by atoms with van der Waals surface area (Å²) in [5.41, 5.74) is 7.82. The van der Waals surface area contributed by atoms with Crippen LogP contribution in [-0.4, -0.2) is 20.2 Å². The van der Waals surface area contributed by atoms with Gasteiger partial charge in [-0.05, 0) is 31.7 Å². The summed E-state index contributed by atoms with van der Waals surface area (Å²) in [4.78, 5) is 0. The molecule has 1 aliphatic rings. The third kappa shape index (κ3) is 1.68. The zero-order chi connectivity index (χ0) is 9.97. The number of nitrogens with two attached hydrogens (primary N) is 1. The second kappa shape index (κ2) is 3.88. The summed E-state index contributed by atoms with van der Waals surface area (Å²) in [6, 6.07) is 5.88.